The molecule has 6 rings (SSSR count). The largest absolute Gasteiger partial charge is 0.465 e. The van der Waals surface area contributed by atoms with Gasteiger partial charge in [-0.1, -0.05) is 43.3 Å². The lowest BCUT2D eigenvalue weighted by Gasteiger charge is -2.40. The van der Waals surface area contributed by atoms with Crippen LogP contribution in [0.15, 0.2) is 60.8 Å². The van der Waals surface area contributed by atoms with Crippen LogP contribution >= 0.6 is 0 Å². The quantitative estimate of drug-likeness (QED) is 0.346. The van der Waals surface area contributed by atoms with E-state index in [2.05, 4.69) is 20.5 Å². The first kappa shape index (κ1) is 31.2. The van der Waals surface area contributed by atoms with E-state index in [0.717, 1.165) is 40.9 Å². The number of nitrogens with zero attached hydrogens (tertiary/aromatic N) is 4. The van der Waals surface area contributed by atoms with Crippen molar-refractivity contribution in [2.24, 2.45) is 5.41 Å². The summed E-state index contributed by atoms with van der Waals surface area (Å²) in [6.45, 7) is 3.73. The predicted molar refractivity (Wildman–Crippen MR) is 173 cm³/mol. The van der Waals surface area contributed by atoms with Gasteiger partial charge in [0.15, 0.2) is 0 Å². The molecule has 240 valence electrons. The topological polar surface area (TPSA) is 135 Å². The Hall–Kier alpha value is -4.77. The Morgan fingerprint density at radius 3 is 2.41 bits per heavy atom. The Kier molecular flexibility index (Phi) is 8.28. The van der Waals surface area contributed by atoms with Crippen molar-refractivity contribution >= 4 is 35.3 Å². The number of carboxylic acid groups (broad SMARTS) is 1. The minimum atomic E-state index is -1.05. The standard InChI is InChI=1S/C35H40N6O5/c1-34(12-15-39(2)16-13-34)32(44)41(21-25-8-5-4-7-24(25)20-40(3)33(45)46)22-29(42)37-27-11-10-23-18-35(19-26(23)17-27)28-9-6-14-36-30(28)38-31(35)43/h4-11,14,17H,12-13,15-16,18-22H2,1-3H3,(H,37,42)(H,45,46)(H,36,38,43). The number of hydrogen-bond donors (Lipinski definition) is 3. The smallest absolute Gasteiger partial charge is 0.407 e. The van der Waals surface area contributed by atoms with Gasteiger partial charge in [0.2, 0.25) is 17.7 Å². The molecule has 11 nitrogen and oxygen atoms in total. The normalized spacial score (nSPS) is 19.7. The van der Waals surface area contributed by atoms with E-state index < -0.39 is 16.9 Å². The molecular weight excluding hydrogens is 584 g/mol. The Morgan fingerprint density at radius 2 is 1.70 bits per heavy atom. The van der Waals surface area contributed by atoms with E-state index in [1.165, 1.54) is 11.9 Å². The highest BCUT2D eigenvalue weighted by atomic mass is 16.4. The van der Waals surface area contributed by atoms with Crippen LogP contribution in [0.5, 0.6) is 0 Å². The number of aromatic nitrogens is 1. The highest BCUT2D eigenvalue weighted by Crippen LogP contribution is 2.47. The number of fused-ring (bicyclic) bond motifs is 3. The number of anilines is 2. The first-order chi connectivity index (χ1) is 22.0. The van der Waals surface area contributed by atoms with Crippen LogP contribution in [-0.4, -0.2) is 82.3 Å². The van der Waals surface area contributed by atoms with Crippen molar-refractivity contribution in [3.63, 3.8) is 0 Å². The minimum Gasteiger partial charge on any atom is -0.465 e. The monoisotopic (exact) mass is 624 g/mol. The van der Waals surface area contributed by atoms with Crippen LogP contribution in [0.2, 0.25) is 0 Å². The summed E-state index contributed by atoms with van der Waals surface area (Å²) in [6.07, 6.45) is 3.06. The molecule has 4 amide bonds. The van der Waals surface area contributed by atoms with Crippen LogP contribution in [0.4, 0.5) is 16.3 Å². The fourth-order valence-corrected chi connectivity index (χ4v) is 7.02. The number of likely N-dealkylation sites (tertiary alicyclic amines) is 1. The SMILES string of the molecule is CN1CCC(C)(C(=O)N(CC(=O)Nc2ccc3c(c2)CC2(C3)C(=O)Nc3ncccc32)Cc2ccccc2CN(C)C(=O)O)CC1. The fraction of sp³-hybridized carbons (Fsp3) is 0.400. The third kappa shape index (κ3) is 5.94. The molecule has 3 aromatic rings. The maximum absolute atomic E-state index is 14.2. The van der Waals surface area contributed by atoms with Crippen LogP contribution in [-0.2, 0) is 45.7 Å². The molecule has 3 heterocycles. The zero-order chi connectivity index (χ0) is 32.6. The summed E-state index contributed by atoms with van der Waals surface area (Å²) < 4.78 is 0. The number of piperidine rings is 1. The maximum Gasteiger partial charge on any atom is 0.407 e. The summed E-state index contributed by atoms with van der Waals surface area (Å²) in [5.41, 5.74) is 3.80. The van der Waals surface area contributed by atoms with Gasteiger partial charge in [-0.2, -0.15) is 0 Å². The number of amides is 4. The molecule has 1 fully saturated rings. The molecule has 0 saturated carbocycles. The Bertz CT molecular complexity index is 1700. The number of nitrogens with one attached hydrogen (secondary N) is 2. The van der Waals surface area contributed by atoms with Crippen molar-refractivity contribution in [1.29, 1.82) is 0 Å². The highest BCUT2D eigenvalue weighted by molar-refractivity contribution is 6.06. The molecule has 1 aliphatic carbocycles. The third-order valence-corrected chi connectivity index (χ3v) is 9.91. The second-order valence-corrected chi connectivity index (χ2v) is 13.3. The van der Waals surface area contributed by atoms with Crippen LogP contribution in [0.25, 0.3) is 0 Å². The van der Waals surface area contributed by atoms with E-state index in [1.54, 1.807) is 11.1 Å². The predicted octanol–water partition coefficient (Wildman–Crippen LogP) is 3.88. The summed E-state index contributed by atoms with van der Waals surface area (Å²) in [4.78, 5) is 61.8. The maximum atomic E-state index is 14.2. The summed E-state index contributed by atoms with van der Waals surface area (Å²) in [5.74, 6) is 0.126. The lowest BCUT2D eigenvalue weighted by atomic mass is 9.79. The molecule has 0 bridgehead atoms. The van der Waals surface area contributed by atoms with Crippen molar-refractivity contribution in [3.05, 3.63) is 88.6 Å². The zero-order valence-corrected chi connectivity index (χ0v) is 26.5. The van der Waals surface area contributed by atoms with Crippen molar-refractivity contribution < 1.29 is 24.3 Å². The molecular formula is C35H40N6O5. The van der Waals surface area contributed by atoms with Crippen LogP contribution in [0.1, 0.15) is 47.6 Å². The van der Waals surface area contributed by atoms with Gasteiger partial charge in [-0.15, -0.1) is 0 Å². The van der Waals surface area contributed by atoms with Crippen molar-refractivity contribution in [2.75, 3.05) is 44.4 Å². The van der Waals surface area contributed by atoms with E-state index >= 15 is 0 Å². The van der Waals surface area contributed by atoms with E-state index in [1.807, 2.05) is 68.6 Å². The van der Waals surface area contributed by atoms with Gasteiger partial charge in [0, 0.05) is 43.0 Å². The Balaban J connectivity index is 1.21. The molecule has 2 aliphatic heterocycles. The van der Waals surface area contributed by atoms with Crippen LogP contribution < -0.4 is 10.6 Å². The van der Waals surface area contributed by atoms with Gasteiger partial charge in [-0.25, -0.2) is 9.78 Å². The van der Waals surface area contributed by atoms with Gasteiger partial charge in [0.05, 0.1) is 5.41 Å². The molecule has 1 atom stereocenters. The molecule has 0 radical (unpaired) electrons. The molecule has 2 aromatic carbocycles. The Labute approximate surface area is 268 Å². The molecule has 1 spiro atoms. The van der Waals surface area contributed by atoms with E-state index in [4.69, 9.17) is 0 Å². The number of carbonyl (C=O) groups excluding carboxylic acids is 3. The molecule has 46 heavy (non-hydrogen) atoms. The number of benzene rings is 2. The van der Waals surface area contributed by atoms with Crippen molar-refractivity contribution in [1.82, 2.24) is 19.7 Å². The van der Waals surface area contributed by atoms with Gasteiger partial charge < -0.3 is 30.4 Å². The number of rotatable bonds is 8. The van der Waals surface area contributed by atoms with E-state index in [-0.39, 0.29) is 37.4 Å². The second kappa shape index (κ2) is 12.2. The number of hydrogen-bond acceptors (Lipinski definition) is 6. The first-order valence-electron chi connectivity index (χ1n) is 15.6. The number of pyridine rings is 1. The fourth-order valence-electron chi connectivity index (χ4n) is 7.02. The summed E-state index contributed by atoms with van der Waals surface area (Å²) in [7, 11) is 3.54. The highest BCUT2D eigenvalue weighted by Gasteiger charge is 2.51. The average Bonchev–Trinajstić information content (AvgIpc) is 3.55. The van der Waals surface area contributed by atoms with Gasteiger partial charge in [-0.05, 0) is 86.3 Å². The minimum absolute atomic E-state index is 0.0608. The molecule has 3 aliphatic rings. The summed E-state index contributed by atoms with van der Waals surface area (Å²) >= 11 is 0. The molecule has 3 N–H and O–H groups in total. The average molecular weight is 625 g/mol. The van der Waals surface area contributed by atoms with E-state index in [0.29, 0.717) is 37.2 Å². The van der Waals surface area contributed by atoms with Gasteiger partial charge in [-0.3, -0.25) is 14.4 Å². The summed E-state index contributed by atoms with van der Waals surface area (Å²) in [5, 5.41) is 15.4. The first-order valence-corrected chi connectivity index (χ1v) is 15.6. The van der Waals surface area contributed by atoms with Crippen LogP contribution in [0.3, 0.4) is 0 Å². The second-order valence-electron chi connectivity index (χ2n) is 13.3. The van der Waals surface area contributed by atoms with Gasteiger partial charge in [0.25, 0.3) is 0 Å². The summed E-state index contributed by atoms with van der Waals surface area (Å²) in [6, 6.07) is 16.9. The van der Waals surface area contributed by atoms with E-state index in [9.17, 15) is 24.3 Å². The van der Waals surface area contributed by atoms with Crippen LogP contribution in [0, 0.1) is 5.41 Å². The number of carbonyl (C=O) groups is 4. The molecule has 1 unspecified atom stereocenters. The third-order valence-electron chi connectivity index (χ3n) is 9.91. The van der Waals surface area contributed by atoms with Gasteiger partial charge in [0.1, 0.15) is 12.4 Å². The molecule has 1 aromatic heterocycles. The molecule has 1 saturated heterocycles. The van der Waals surface area contributed by atoms with Crippen molar-refractivity contribution in [2.45, 2.75) is 51.1 Å². The molecule has 11 heteroatoms. The lowest BCUT2D eigenvalue weighted by Crippen LogP contribution is -2.49. The lowest BCUT2D eigenvalue weighted by molar-refractivity contribution is -0.146. The Morgan fingerprint density at radius 1 is 1.00 bits per heavy atom. The van der Waals surface area contributed by atoms with Crippen molar-refractivity contribution in [3.8, 4) is 0 Å². The zero-order valence-electron chi connectivity index (χ0n) is 26.5. The van der Waals surface area contributed by atoms with Gasteiger partial charge >= 0.3 is 6.09 Å².